The number of hydrogen-bond acceptors (Lipinski definition) is 7. The minimum absolute atomic E-state index is 0.00662. The number of nitriles is 1. The molecule has 1 atom stereocenters. The summed E-state index contributed by atoms with van der Waals surface area (Å²) in [5.74, 6) is -0.139. The van der Waals surface area contributed by atoms with Crippen molar-refractivity contribution in [2.24, 2.45) is 5.73 Å². The van der Waals surface area contributed by atoms with Gasteiger partial charge in [0.2, 0.25) is 5.88 Å². The van der Waals surface area contributed by atoms with Gasteiger partial charge in [-0.3, -0.25) is 0 Å². The molecule has 2 aromatic rings. The highest BCUT2D eigenvalue weighted by Gasteiger charge is 2.36. The number of rotatable bonds is 4. The van der Waals surface area contributed by atoms with Crippen LogP contribution in [-0.2, 0) is 14.3 Å². The van der Waals surface area contributed by atoms with Gasteiger partial charge in [-0.25, -0.2) is 4.79 Å². The number of aryl methyl sites for hydroxylation is 2. The number of aromatic nitrogens is 1. The Morgan fingerprint density at radius 2 is 1.96 bits per heavy atom. The third-order valence-electron chi connectivity index (χ3n) is 4.67. The van der Waals surface area contributed by atoms with Crippen LogP contribution in [0.1, 0.15) is 36.8 Å². The number of benzene rings is 1. The SMILES string of the molecule is CCOC(=O)C1=C(C)OC(N)=C(C#N)C1c1ccc(-c2c(C)noc2C)cc1. The molecular weight excluding hydrogens is 358 g/mol. The van der Waals surface area contributed by atoms with Gasteiger partial charge in [0.25, 0.3) is 0 Å². The van der Waals surface area contributed by atoms with E-state index in [0.717, 1.165) is 28.1 Å². The number of nitrogens with two attached hydrogens (primary N) is 1. The van der Waals surface area contributed by atoms with Crippen LogP contribution in [0.3, 0.4) is 0 Å². The van der Waals surface area contributed by atoms with Gasteiger partial charge in [-0.1, -0.05) is 29.4 Å². The maximum Gasteiger partial charge on any atom is 0.338 e. The van der Waals surface area contributed by atoms with E-state index in [4.69, 9.17) is 19.7 Å². The summed E-state index contributed by atoms with van der Waals surface area (Å²) in [6.45, 7) is 7.30. The molecule has 28 heavy (non-hydrogen) atoms. The Morgan fingerprint density at radius 1 is 1.29 bits per heavy atom. The van der Waals surface area contributed by atoms with Gasteiger partial charge < -0.3 is 19.7 Å². The third kappa shape index (κ3) is 3.25. The summed E-state index contributed by atoms with van der Waals surface area (Å²) in [5.41, 5.74) is 9.76. The molecule has 1 aliphatic rings. The van der Waals surface area contributed by atoms with Crippen LogP contribution in [0, 0.1) is 25.2 Å². The van der Waals surface area contributed by atoms with E-state index in [2.05, 4.69) is 11.2 Å². The monoisotopic (exact) mass is 379 g/mol. The van der Waals surface area contributed by atoms with E-state index in [0.29, 0.717) is 5.76 Å². The van der Waals surface area contributed by atoms with E-state index in [1.165, 1.54) is 0 Å². The highest BCUT2D eigenvalue weighted by Crippen LogP contribution is 2.40. The molecule has 2 heterocycles. The summed E-state index contributed by atoms with van der Waals surface area (Å²) in [6, 6.07) is 9.59. The van der Waals surface area contributed by atoms with Crippen LogP contribution in [0.15, 0.2) is 51.6 Å². The first kappa shape index (κ1) is 19.2. The van der Waals surface area contributed by atoms with E-state index in [1.807, 2.05) is 38.1 Å². The van der Waals surface area contributed by atoms with Gasteiger partial charge in [-0.2, -0.15) is 5.26 Å². The summed E-state index contributed by atoms with van der Waals surface area (Å²) in [5, 5.41) is 13.6. The van der Waals surface area contributed by atoms with E-state index in [1.54, 1.807) is 13.8 Å². The van der Waals surface area contributed by atoms with Crippen molar-refractivity contribution in [2.75, 3.05) is 6.61 Å². The van der Waals surface area contributed by atoms with Crippen LogP contribution in [0.25, 0.3) is 11.1 Å². The lowest BCUT2D eigenvalue weighted by molar-refractivity contribution is -0.139. The first-order chi connectivity index (χ1) is 13.4. The van der Waals surface area contributed by atoms with Crippen molar-refractivity contribution in [1.82, 2.24) is 5.16 Å². The van der Waals surface area contributed by atoms with Crippen molar-refractivity contribution in [2.45, 2.75) is 33.6 Å². The highest BCUT2D eigenvalue weighted by atomic mass is 16.5. The van der Waals surface area contributed by atoms with Gasteiger partial charge in [0.05, 0.1) is 23.8 Å². The molecule has 3 rings (SSSR count). The van der Waals surface area contributed by atoms with Crippen molar-refractivity contribution in [3.63, 3.8) is 0 Å². The van der Waals surface area contributed by atoms with E-state index < -0.39 is 11.9 Å². The number of nitrogens with zero attached hydrogens (tertiary/aromatic N) is 2. The van der Waals surface area contributed by atoms with Gasteiger partial charge in [0.1, 0.15) is 23.2 Å². The first-order valence-electron chi connectivity index (χ1n) is 8.87. The van der Waals surface area contributed by atoms with Crippen LogP contribution in [0.5, 0.6) is 0 Å². The van der Waals surface area contributed by atoms with Crippen molar-refractivity contribution < 1.29 is 18.8 Å². The number of ether oxygens (including phenoxy) is 2. The van der Waals surface area contributed by atoms with Gasteiger partial charge in [0, 0.05) is 5.56 Å². The topological polar surface area (TPSA) is 111 Å². The quantitative estimate of drug-likeness (QED) is 0.808. The normalized spacial score (nSPS) is 16.6. The molecule has 1 unspecified atom stereocenters. The van der Waals surface area contributed by atoms with E-state index >= 15 is 0 Å². The summed E-state index contributed by atoms with van der Waals surface area (Å²) < 4.78 is 15.8. The summed E-state index contributed by atoms with van der Waals surface area (Å²) in [7, 11) is 0. The van der Waals surface area contributed by atoms with E-state index in [9.17, 15) is 10.1 Å². The highest BCUT2D eigenvalue weighted by molar-refractivity contribution is 5.92. The maximum absolute atomic E-state index is 12.5. The molecule has 0 saturated carbocycles. The first-order valence-corrected chi connectivity index (χ1v) is 8.87. The van der Waals surface area contributed by atoms with Gasteiger partial charge in [0.15, 0.2) is 0 Å². The lowest BCUT2D eigenvalue weighted by Gasteiger charge is -2.26. The number of carbonyl (C=O) groups is 1. The molecule has 0 amide bonds. The Morgan fingerprint density at radius 3 is 2.50 bits per heavy atom. The molecule has 1 aromatic carbocycles. The fraction of sp³-hybridized carbons (Fsp3) is 0.286. The zero-order valence-corrected chi connectivity index (χ0v) is 16.2. The molecular formula is C21H21N3O4. The minimum Gasteiger partial charge on any atom is -0.463 e. The maximum atomic E-state index is 12.5. The Hall–Kier alpha value is -3.53. The standard InChI is InChI=1S/C21H21N3O4/c1-5-26-21(25)18-12(3)27-20(23)16(10-22)19(18)15-8-6-14(7-9-15)17-11(2)24-28-13(17)4/h6-9,19H,5,23H2,1-4H3. The molecule has 0 fully saturated rings. The molecule has 1 aliphatic heterocycles. The number of esters is 1. The molecule has 0 aliphatic carbocycles. The predicted octanol–water partition coefficient (Wildman–Crippen LogP) is 3.60. The molecule has 2 N–H and O–H groups in total. The molecule has 144 valence electrons. The van der Waals surface area contributed by atoms with Crippen LogP contribution in [0.2, 0.25) is 0 Å². The van der Waals surface area contributed by atoms with Gasteiger partial charge >= 0.3 is 5.97 Å². The van der Waals surface area contributed by atoms with Crippen molar-refractivity contribution in [1.29, 1.82) is 5.26 Å². The number of carbonyl (C=O) groups excluding carboxylic acids is 1. The summed E-state index contributed by atoms with van der Waals surface area (Å²) in [6.07, 6.45) is 0. The zero-order chi connectivity index (χ0) is 20.4. The van der Waals surface area contributed by atoms with Crippen LogP contribution < -0.4 is 5.73 Å². The van der Waals surface area contributed by atoms with Crippen molar-refractivity contribution in [3.05, 3.63) is 64.1 Å². The van der Waals surface area contributed by atoms with Gasteiger partial charge in [-0.05, 0) is 38.8 Å². The Kier molecular flexibility index (Phi) is 5.23. The molecule has 7 nitrogen and oxygen atoms in total. The molecule has 1 aromatic heterocycles. The molecule has 0 spiro atoms. The smallest absolute Gasteiger partial charge is 0.338 e. The number of hydrogen-bond donors (Lipinski definition) is 1. The second-order valence-corrected chi connectivity index (χ2v) is 6.44. The third-order valence-corrected chi connectivity index (χ3v) is 4.67. The van der Waals surface area contributed by atoms with Crippen LogP contribution in [0.4, 0.5) is 0 Å². The lowest BCUT2D eigenvalue weighted by atomic mass is 9.82. The Bertz CT molecular complexity index is 1000. The molecule has 0 saturated heterocycles. The van der Waals surface area contributed by atoms with Gasteiger partial charge in [-0.15, -0.1) is 0 Å². The van der Waals surface area contributed by atoms with Crippen molar-refractivity contribution >= 4 is 5.97 Å². The molecule has 7 heteroatoms. The molecule has 0 radical (unpaired) electrons. The minimum atomic E-state index is -0.656. The fourth-order valence-electron chi connectivity index (χ4n) is 3.43. The second-order valence-electron chi connectivity index (χ2n) is 6.44. The van der Waals surface area contributed by atoms with Crippen molar-refractivity contribution in [3.8, 4) is 17.2 Å². The fourth-order valence-corrected chi connectivity index (χ4v) is 3.43. The summed E-state index contributed by atoms with van der Waals surface area (Å²) >= 11 is 0. The Labute approximate surface area is 163 Å². The summed E-state index contributed by atoms with van der Waals surface area (Å²) in [4.78, 5) is 12.5. The lowest BCUT2D eigenvalue weighted by Crippen LogP contribution is -2.25. The average molecular weight is 379 g/mol. The molecule has 0 bridgehead atoms. The van der Waals surface area contributed by atoms with Crippen LogP contribution >= 0.6 is 0 Å². The zero-order valence-electron chi connectivity index (χ0n) is 16.2. The van der Waals surface area contributed by atoms with Crippen LogP contribution in [-0.4, -0.2) is 17.7 Å². The average Bonchev–Trinajstić information content (AvgIpc) is 3.00. The number of allylic oxidation sites excluding steroid dienone is 2. The predicted molar refractivity (Wildman–Crippen MR) is 101 cm³/mol. The largest absolute Gasteiger partial charge is 0.463 e. The second kappa shape index (κ2) is 7.61. The Balaban J connectivity index is 2.08. The van der Waals surface area contributed by atoms with E-state index in [-0.39, 0.29) is 23.6 Å².